The lowest BCUT2D eigenvalue weighted by atomic mass is 10.2. The second-order valence-electron chi connectivity index (χ2n) is 4.00. The minimum Gasteiger partial charge on any atom is -0.447 e. The Bertz CT molecular complexity index is 455. The average Bonchev–Trinajstić information content (AvgIpc) is 2.79. The standard InChI is InChI=1S/C11H20N2O4S/c1-3-4-9(14)7-13-8-10-5-6-11(17-10)18(15,16)12-2/h5-6,9,12-14H,3-4,7-8H2,1-2H3. The molecule has 0 aromatic carbocycles. The molecule has 3 N–H and O–H groups in total. The van der Waals surface area contributed by atoms with E-state index in [0.29, 0.717) is 18.8 Å². The van der Waals surface area contributed by atoms with Crippen LogP contribution in [0.25, 0.3) is 0 Å². The van der Waals surface area contributed by atoms with Crippen LogP contribution in [0, 0.1) is 0 Å². The van der Waals surface area contributed by atoms with Crippen LogP contribution in [0.2, 0.25) is 0 Å². The number of rotatable bonds is 8. The van der Waals surface area contributed by atoms with E-state index in [4.69, 9.17) is 4.42 Å². The minimum absolute atomic E-state index is 0.101. The van der Waals surface area contributed by atoms with Crippen LogP contribution in [0.3, 0.4) is 0 Å². The maximum Gasteiger partial charge on any atom is 0.273 e. The van der Waals surface area contributed by atoms with Crippen molar-refractivity contribution in [1.29, 1.82) is 0 Å². The van der Waals surface area contributed by atoms with Crippen molar-refractivity contribution in [2.24, 2.45) is 0 Å². The summed E-state index contributed by atoms with van der Waals surface area (Å²) in [6, 6.07) is 3.01. The Balaban J connectivity index is 2.45. The predicted molar refractivity (Wildman–Crippen MR) is 67.6 cm³/mol. The van der Waals surface area contributed by atoms with Crippen molar-refractivity contribution in [2.45, 2.75) is 37.5 Å². The van der Waals surface area contributed by atoms with Crippen LogP contribution in [-0.2, 0) is 16.6 Å². The van der Waals surface area contributed by atoms with Crippen molar-refractivity contribution in [3.63, 3.8) is 0 Å². The van der Waals surface area contributed by atoms with Crippen LogP contribution in [0.15, 0.2) is 21.6 Å². The van der Waals surface area contributed by atoms with E-state index in [1.165, 1.54) is 13.1 Å². The summed E-state index contributed by atoms with van der Waals surface area (Å²) < 4.78 is 30.2. The summed E-state index contributed by atoms with van der Waals surface area (Å²) in [4.78, 5) is 0. The molecule has 1 aromatic rings. The fraction of sp³-hybridized carbons (Fsp3) is 0.636. The quantitative estimate of drug-likeness (QED) is 0.641. The van der Waals surface area contributed by atoms with Gasteiger partial charge in [0.1, 0.15) is 5.76 Å². The first-order valence-corrected chi connectivity index (χ1v) is 7.39. The maximum absolute atomic E-state index is 11.4. The van der Waals surface area contributed by atoms with E-state index in [9.17, 15) is 13.5 Å². The molecular formula is C11H20N2O4S. The average molecular weight is 276 g/mol. The molecule has 0 amide bonds. The van der Waals surface area contributed by atoms with Gasteiger partial charge >= 0.3 is 0 Å². The Hall–Kier alpha value is -0.890. The van der Waals surface area contributed by atoms with Crippen LogP contribution in [0.5, 0.6) is 0 Å². The Labute approximate surface area is 107 Å². The molecule has 0 aliphatic carbocycles. The first-order chi connectivity index (χ1) is 8.49. The van der Waals surface area contributed by atoms with E-state index < -0.39 is 10.0 Å². The SMILES string of the molecule is CCCC(O)CNCc1ccc(S(=O)(=O)NC)o1. The normalized spacial score (nSPS) is 13.7. The minimum atomic E-state index is -3.52. The molecule has 0 radical (unpaired) electrons. The van der Waals surface area contributed by atoms with E-state index in [-0.39, 0.29) is 11.2 Å². The third kappa shape index (κ3) is 4.41. The molecule has 1 atom stereocenters. The van der Waals surface area contributed by atoms with Gasteiger partial charge in [-0.3, -0.25) is 0 Å². The monoisotopic (exact) mass is 276 g/mol. The summed E-state index contributed by atoms with van der Waals surface area (Å²) in [5, 5.41) is 12.4. The van der Waals surface area contributed by atoms with E-state index in [1.807, 2.05) is 6.92 Å². The fourth-order valence-electron chi connectivity index (χ4n) is 1.50. The van der Waals surface area contributed by atoms with Crippen LogP contribution in [-0.4, -0.2) is 33.2 Å². The zero-order chi connectivity index (χ0) is 13.6. The number of nitrogens with one attached hydrogen (secondary N) is 2. The van der Waals surface area contributed by atoms with E-state index >= 15 is 0 Å². The van der Waals surface area contributed by atoms with Gasteiger partial charge in [0.05, 0.1) is 12.6 Å². The molecule has 1 heterocycles. The van der Waals surface area contributed by atoms with E-state index in [1.54, 1.807) is 6.07 Å². The van der Waals surface area contributed by atoms with Gasteiger partial charge in [0.2, 0.25) is 5.09 Å². The molecule has 0 aliphatic rings. The summed E-state index contributed by atoms with van der Waals surface area (Å²) in [5.74, 6) is 0.521. The highest BCUT2D eigenvalue weighted by atomic mass is 32.2. The van der Waals surface area contributed by atoms with Gasteiger partial charge in [-0.2, -0.15) is 0 Å². The molecule has 0 spiro atoms. The number of aliphatic hydroxyl groups excluding tert-OH is 1. The zero-order valence-corrected chi connectivity index (χ0v) is 11.5. The van der Waals surface area contributed by atoms with Crippen molar-refractivity contribution >= 4 is 10.0 Å². The van der Waals surface area contributed by atoms with Gasteiger partial charge in [-0.05, 0) is 25.6 Å². The number of aliphatic hydroxyl groups is 1. The molecular weight excluding hydrogens is 256 g/mol. The van der Waals surface area contributed by atoms with Crippen LogP contribution in [0.1, 0.15) is 25.5 Å². The molecule has 6 nitrogen and oxygen atoms in total. The second-order valence-corrected chi connectivity index (χ2v) is 5.82. The Morgan fingerprint density at radius 2 is 2.17 bits per heavy atom. The Morgan fingerprint density at radius 3 is 2.78 bits per heavy atom. The summed E-state index contributed by atoms with van der Waals surface area (Å²) in [6.07, 6.45) is 1.28. The van der Waals surface area contributed by atoms with Crippen LogP contribution in [0.4, 0.5) is 0 Å². The topological polar surface area (TPSA) is 91.6 Å². The molecule has 1 unspecified atom stereocenters. The maximum atomic E-state index is 11.4. The lowest BCUT2D eigenvalue weighted by Crippen LogP contribution is -2.26. The molecule has 0 bridgehead atoms. The molecule has 1 rings (SSSR count). The first kappa shape index (κ1) is 15.2. The summed E-state index contributed by atoms with van der Waals surface area (Å²) >= 11 is 0. The zero-order valence-electron chi connectivity index (χ0n) is 10.6. The third-order valence-corrected chi connectivity index (χ3v) is 3.76. The first-order valence-electron chi connectivity index (χ1n) is 5.90. The van der Waals surface area contributed by atoms with Gasteiger partial charge in [0.25, 0.3) is 10.0 Å². The number of hydrogen-bond acceptors (Lipinski definition) is 5. The highest BCUT2D eigenvalue weighted by Gasteiger charge is 2.16. The molecule has 0 saturated carbocycles. The molecule has 18 heavy (non-hydrogen) atoms. The molecule has 7 heteroatoms. The highest BCUT2D eigenvalue weighted by Crippen LogP contribution is 2.13. The molecule has 0 fully saturated rings. The smallest absolute Gasteiger partial charge is 0.273 e. The number of hydrogen-bond donors (Lipinski definition) is 3. The van der Waals surface area contributed by atoms with Crippen LogP contribution >= 0.6 is 0 Å². The van der Waals surface area contributed by atoms with Gasteiger partial charge < -0.3 is 14.8 Å². The van der Waals surface area contributed by atoms with E-state index in [0.717, 1.165) is 12.8 Å². The summed E-state index contributed by atoms with van der Waals surface area (Å²) in [7, 11) is -2.19. The lowest BCUT2D eigenvalue weighted by Gasteiger charge is -2.09. The largest absolute Gasteiger partial charge is 0.447 e. The number of sulfonamides is 1. The molecule has 0 aliphatic heterocycles. The lowest BCUT2D eigenvalue weighted by molar-refractivity contribution is 0.159. The van der Waals surface area contributed by atoms with Crippen molar-refractivity contribution in [1.82, 2.24) is 10.0 Å². The van der Waals surface area contributed by atoms with Crippen molar-refractivity contribution in [3.05, 3.63) is 17.9 Å². The van der Waals surface area contributed by atoms with Crippen LogP contribution < -0.4 is 10.0 Å². The third-order valence-electron chi connectivity index (χ3n) is 2.47. The van der Waals surface area contributed by atoms with Gasteiger partial charge in [-0.25, -0.2) is 13.1 Å². The van der Waals surface area contributed by atoms with Gasteiger partial charge in [0.15, 0.2) is 0 Å². The predicted octanol–water partition coefficient (Wildman–Crippen LogP) is 0.438. The second kappa shape index (κ2) is 6.89. The molecule has 0 saturated heterocycles. The summed E-state index contributed by atoms with van der Waals surface area (Å²) in [6.45, 7) is 2.85. The van der Waals surface area contributed by atoms with Gasteiger partial charge in [-0.15, -0.1) is 0 Å². The van der Waals surface area contributed by atoms with Gasteiger partial charge in [0, 0.05) is 6.54 Å². The highest BCUT2D eigenvalue weighted by molar-refractivity contribution is 7.89. The van der Waals surface area contributed by atoms with Crippen molar-refractivity contribution in [3.8, 4) is 0 Å². The summed E-state index contributed by atoms with van der Waals surface area (Å²) in [5.41, 5.74) is 0. The Kier molecular flexibility index (Phi) is 5.80. The van der Waals surface area contributed by atoms with Crippen molar-refractivity contribution < 1.29 is 17.9 Å². The molecule has 1 aromatic heterocycles. The van der Waals surface area contributed by atoms with Crippen molar-refractivity contribution in [2.75, 3.05) is 13.6 Å². The molecule has 104 valence electrons. The fourth-order valence-corrected chi connectivity index (χ4v) is 2.16. The Morgan fingerprint density at radius 1 is 1.44 bits per heavy atom. The van der Waals surface area contributed by atoms with E-state index in [2.05, 4.69) is 10.0 Å². The van der Waals surface area contributed by atoms with Gasteiger partial charge in [-0.1, -0.05) is 13.3 Å². The number of furan rings is 1.